The SMILES string of the molecule is Cc1ccccc1-c1nnc(CNc2c(C)cccc2C(N)=O)o1. The highest BCUT2D eigenvalue weighted by Gasteiger charge is 2.13. The van der Waals surface area contributed by atoms with Crippen LogP contribution in [0.1, 0.15) is 27.4 Å². The molecule has 0 aliphatic carbocycles. The van der Waals surface area contributed by atoms with Crippen molar-refractivity contribution < 1.29 is 9.21 Å². The molecule has 0 fully saturated rings. The standard InChI is InChI=1S/C18H18N4O2/c1-11-6-3-4-8-13(11)18-22-21-15(24-18)10-20-16-12(2)7-5-9-14(16)17(19)23/h3-9,20H,10H2,1-2H3,(H2,19,23). The minimum atomic E-state index is -0.479. The lowest BCUT2D eigenvalue weighted by Gasteiger charge is -2.11. The number of benzene rings is 2. The first-order valence-corrected chi connectivity index (χ1v) is 7.58. The van der Waals surface area contributed by atoms with Gasteiger partial charge >= 0.3 is 0 Å². The number of carbonyl (C=O) groups excluding carboxylic acids is 1. The molecule has 1 aromatic heterocycles. The fraction of sp³-hybridized carbons (Fsp3) is 0.167. The van der Waals surface area contributed by atoms with Gasteiger partial charge in [-0.1, -0.05) is 30.3 Å². The average Bonchev–Trinajstić information content (AvgIpc) is 3.02. The minimum Gasteiger partial charge on any atom is -0.419 e. The van der Waals surface area contributed by atoms with Crippen LogP contribution in [0.5, 0.6) is 0 Å². The van der Waals surface area contributed by atoms with Gasteiger partial charge in [-0.25, -0.2) is 0 Å². The molecule has 6 heteroatoms. The Hall–Kier alpha value is -3.15. The monoisotopic (exact) mass is 322 g/mol. The van der Waals surface area contributed by atoms with Gasteiger partial charge in [-0.05, 0) is 37.1 Å². The number of amides is 1. The Bertz CT molecular complexity index is 886. The van der Waals surface area contributed by atoms with Crippen molar-refractivity contribution in [3.63, 3.8) is 0 Å². The fourth-order valence-electron chi connectivity index (χ4n) is 2.52. The fourth-order valence-corrected chi connectivity index (χ4v) is 2.52. The molecule has 0 spiro atoms. The van der Waals surface area contributed by atoms with Gasteiger partial charge in [0.15, 0.2) is 0 Å². The van der Waals surface area contributed by atoms with E-state index in [1.165, 1.54) is 0 Å². The molecule has 0 saturated carbocycles. The summed E-state index contributed by atoms with van der Waals surface area (Å²) < 4.78 is 5.71. The second-order valence-electron chi connectivity index (χ2n) is 5.53. The molecule has 122 valence electrons. The molecule has 3 rings (SSSR count). The number of nitrogens with one attached hydrogen (secondary N) is 1. The molecule has 0 radical (unpaired) electrons. The Morgan fingerprint density at radius 2 is 1.83 bits per heavy atom. The number of primary amides is 1. The molecule has 0 aliphatic rings. The highest BCUT2D eigenvalue weighted by atomic mass is 16.4. The largest absolute Gasteiger partial charge is 0.419 e. The van der Waals surface area contributed by atoms with Gasteiger partial charge in [-0.2, -0.15) is 0 Å². The van der Waals surface area contributed by atoms with Gasteiger partial charge in [0, 0.05) is 5.56 Å². The Labute approximate surface area is 139 Å². The van der Waals surface area contributed by atoms with Crippen LogP contribution in [0.4, 0.5) is 5.69 Å². The van der Waals surface area contributed by atoms with Crippen LogP contribution in [-0.2, 0) is 6.54 Å². The van der Waals surface area contributed by atoms with Crippen molar-refractivity contribution in [3.05, 3.63) is 65.0 Å². The van der Waals surface area contributed by atoms with Crippen molar-refractivity contribution >= 4 is 11.6 Å². The van der Waals surface area contributed by atoms with Crippen molar-refractivity contribution in [2.45, 2.75) is 20.4 Å². The van der Waals surface area contributed by atoms with Gasteiger partial charge in [-0.3, -0.25) is 4.79 Å². The number of nitrogens with zero attached hydrogens (tertiary/aromatic N) is 2. The predicted octanol–water partition coefficient (Wildman–Crippen LogP) is 3.06. The van der Waals surface area contributed by atoms with Gasteiger partial charge in [0.2, 0.25) is 11.8 Å². The summed E-state index contributed by atoms with van der Waals surface area (Å²) in [5, 5.41) is 11.3. The van der Waals surface area contributed by atoms with E-state index in [4.69, 9.17) is 10.2 Å². The molecule has 0 unspecified atom stereocenters. The molecule has 3 aromatic rings. The Morgan fingerprint density at radius 3 is 2.58 bits per heavy atom. The molecule has 0 aliphatic heterocycles. The van der Waals surface area contributed by atoms with E-state index in [9.17, 15) is 4.79 Å². The summed E-state index contributed by atoms with van der Waals surface area (Å²) in [5.41, 5.74) is 9.43. The number of anilines is 1. The Morgan fingerprint density at radius 1 is 1.08 bits per heavy atom. The number of carbonyl (C=O) groups is 1. The molecule has 0 bridgehead atoms. The van der Waals surface area contributed by atoms with Crippen LogP contribution in [-0.4, -0.2) is 16.1 Å². The zero-order valence-corrected chi connectivity index (χ0v) is 13.5. The third-order valence-corrected chi connectivity index (χ3v) is 3.80. The van der Waals surface area contributed by atoms with Crippen molar-refractivity contribution in [1.29, 1.82) is 0 Å². The highest BCUT2D eigenvalue weighted by molar-refractivity contribution is 5.99. The average molecular weight is 322 g/mol. The lowest BCUT2D eigenvalue weighted by molar-refractivity contribution is 0.100. The zero-order chi connectivity index (χ0) is 17.1. The van der Waals surface area contributed by atoms with Crippen LogP contribution < -0.4 is 11.1 Å². The van der Waals surface area contributed by atoms with Gasteiger partial charge in [0.05, 0.1) is 17.8 Å². The van der Waals surface area contributed by atoms with Crippen LogP contribution in [0, 0.1) is 13.8 Å². The van der Waals surface area contributed by atoms with E-state index in [1.807, 2.05) is 44.2 Å². The summed E-state index contributed by atoms with van der Waals surface area (Å²) in [4.78, 5) is 11.5. The third kappa shape index (κ3) is 3.12. The van der Waals surface area contributed by atoms with Crippen LogP contribution in [0.3, 0.4) is 0 Å². The van der Waals surface area contributed by atoms with E-state index in [2.05, 4.69) is 15.5 Å². The topological polar surface area (TPSA) is 94.0 Å². The summed E-state index contributed by atoms with van der Waals surface area (Å²) >= 11 is 0. The number of aryl methyl sites for hydroxylation is 2. The first-order chi connectivity index (χ1) is 11.6. The number of rotatable bonds is 5. The van der Waals surface area contributed by atoms with Gasteiger partial charge in [0.25, 0.3) is 5.91 Å². The van der Waals surface area contributed by atoms with Crippen LogP contribution in [0.2, 0.25) is 0 Å². The number of aromatic nitrogens is 2. The van der Waals surface area contributed by atoms with Gasteiger partial charge in [-0.15, -0.1) is 10.2 Å². The molecular weight excluding hydrogens is 304 g/mol. The summed E-state index contributed by atoms with van der Waals surface area (Å²) in [6.07, 6.45) is 0. The predicted molar refractivity (Wildman–Crippen MR) is 91.5 cm³/mol. The first-order valence-electron chi connectivity index (χ1n) is 7.58. The zero-order valence-electron chi connectivity index (χ0n) is 13.5. The molecular formula is C18H18N4O2. The molecule has 0 atom stereocenters. The lowest BCUT2D eigenvalue weighted by atomic mass is 10.1. The third-order valence-electron chi connectivity index (χ3n) is 3.80. The first kappa shape index (κ1) is 15.7. The summed E-state index contributed by atoms with van der Waals surface area (Å²) in [6, 6.07) is 13.2. The summed E-state index contributed by atoms with van der Waals surface area (Å²) in [6.45, 7) is 4.20. The quantitative estimate of drug-likeness (QED) is 0.753. The number of para-hydroxylation sites is 1. The van der Waals surface area contributed by atoms with E-state index in [-0.39, 0.29) is 0 Å². The number of hydrogen-bond acceptors (Lipinski definition) is 5. The van der Waals surface area contributed by atoms with Crippen LogP contribution in [0.15, 0.2) is 46.9 Å². The van der Waals surface area contributed by atoms with E-state index >= 15 is 0 Å². The van der Waals surface area contributed by atoms with Crippen molar-refractivity contribution in [2.24, 2.45) is 5.73 Å². The molecule has 1 amide bonds. The van der Waals surface area contributed by atoms with E-state index < -0.39 is 5.91 Å². The molecule has 1 heterocycles. The second kappa shape index (κ2) is 6.54. The normalized spacial score (nSPS) is 10.6. The highest BCUT2D eigenvalue weighted by Crippen LogP contribution is 2.23. The lowest BCUT2D eigenvalue weighted by Crippen LogP contribution is -2.15. The van der Waals surface area contributed by atoms with Crippen molar-refractivity contribution in [1.82, 2.24) is 10.2 Å². The van der Waals surface area contributed by atoms with Gasteiger partial charge < -0.3 is 15.5 Å². The minimum absolute atomic E-state index is 0.310. The number of hydrogen-bond donors (Lipinski definition) is 2. The van der Waals surface area contributed by atoms with E-state index in [1.54, 1.807) is 12.1 Å². The molecule has 24 heavy (non-hydrogen) atoms. The van der Waals surface area contributed by atoms with Crippen LogP contribution in [0.25, 0.3) is 11.5 Å². The summed E-state index contributed by atoms with van der Waals surface area (Å²) in [7, 11) is 0. The van der Waals surface area contributed by atoms with E-state index in [0.29, 0.717) is 29.6 Å². The van der Waals surface area contributed by atoms with E-state index in [0.717, 1.165) is 16.7 Å². The Balaban J connectivity index is 1.80. The van der Waals surface area contributed by atoms with Crippen molar-refractivity contribution in [2.75, 3.05) is 5.32 Å². The number of nitrogens with two attached hydrogens (primary N) is 1. The molecule has 0 saturated heterocycles. The van der Waals surface area contributed by atoms with Gasteiger partial charge in [0.1, 0.15) is 0 Å². The molecule has 2 aromatic carbocycles. The van der Waals surface area contributed by atoms with Crippen molar-refractivity contribution in [3.8, 4) is 11.5 Å². The maximum Gasteiger partial charge on any atom is 0.250 e. The Kier molecular flexibility index (Phi) is 4.29. The second-order valence-corrected chi connectivity index (χ2v) is 5.53. The smallest absolute Gasteiger partial charge is 0.250 e. The maximum atomic E-state index is 11.5. The molecule has 3 N–H and O–H groups in total. The summed E-state index contributed by atoms with van der Waals surface area (Å²) in [5.74, 6) is 0.434. The molecule has 6 nitrogen and oxygen atoms in total. The van der Waals surface area contributed by atoms with Crippen LogP contribution >= 0.6 is 0 Å². The maximum absolute atomic E-state index is 11.5.